The average molecular weight is 244 g/mol. The molecular formula is C13H16N4O. The Balaban J connectivity index is 1.87. The molecule has 1 N–H and O–H groups in total. The lowest BCUT2D eigenvalue weighted by Gasteiger charge is -2.19. The van der Waals surface area contributed by atoms with Crippen LogP contribution in [0.3, 0.4) is 0 Å². The van der Waals surface area contributed by atoms with E-state index in [1.165, 1.54) is 12.8 Å². The van der Waals surface area contributed by atoms with Crippen LogP contribution < -0.4 is 5.32 Å². The molecule has 1 unspecified atom stereocenters. The van der Waals surface area contributed by atoms with E-state index >= 15 is 0 Å². The van der Waals surface area contributed by atoms with Gasteiger partial charge in [0.15, 0.2) is 5.82 Å². The van der Waals surface area contributed by atoms with Crippen molar-refractivity contribution in [2.24, 2.45) is 0 Å². The van der Waals surface area contributed by atoms with Crippen LogP contribution in [0.5, 0.6) is 0 Å². The third-order valence-corrected chi connectivity index (χ3v) is 3.30. The van der Waals surface area contributed by atoms with E-state index in [9.17, 15) is 0 Å². The fourth-order valence-corrected chi connectivity index (χ4v) is 2.27. The Labute approximate surface area is 106 Å². The maximum Gasteiger partial charge on any atom is 0.259 e. The van der Waals surface area contributed by atoms with Crippen molar-refractivity contribution >= 4 is 0 Å². The lowest BCUT2D eigenvalue weighted by atomic mass is 10.0. The van der Waals surface area contributed by atoms with Gasteiger partial charge in [-0.2, -0.15) is 4.98 Å². The molecule has 0 bridgehead atoms. The van der Waals surface area contributed by atoms with Gasteiger partial charge in [-0.05, 0) is 38.4 Å². The first-order chi connectivity index (χ1) is 8.84. The maximum atomic E-state index is 5.34. The molecule has 3 rings (SSSR count). The summed E-state index contributed by atoms with van der Waals surface area (Å²) in [5.74, 6) is 1.32. The second-order valence-electron chi connectivity index (χ2n) is 4.60. The van der Waals surface area contributed by atoms with Gasteiger partial charge in [-0.1, -0.05) is 11.6 Å². The van der Waals surface area contributed by atoms with Gasteiger partial charge < -0.3 is 9.84 Å². The molecule has 18 heavy (non-hydrogen) atoms. The second kappa shape index (κ2) is 4.86. The maximum absolute atomic E-state index is 5.34. The van der Waals surface area contributed by atoms with Crippen LogP contribution in [0.4, 0.5) is 0 Å². The molecule has 94 valence electrons. The van der Waals surface area contributed by atoms with Crippen molar-refractivity contribution in [1.29, 1.82) is 0 Å². The van der Waals surface area contributed by atoms with Crippen LogP contribution in [0, 0.1) is 6.92 Å². The van der Waals surface area contributed by atoms with Crippen molar-refractivity contribution in [3.63, 3.8) is 0 Å². The number of piperidine rings is 1. The molecule has 0 spiro atoms. The van der Waals surface area contributed by atoms with Crippen LogP contribution in [0.25, 0.3) is 11.5 Å². The zero-order valence-electron chi connectivity index (χ0n) is 10.4. The number of aryl methyl sites for hydroxylation is 1. The molecule has 0 amide bonds. The SMILES string of the molecule is Cc1ncccc1-c1nc(C2CCCCN2)no1. The summed E-state index contributed by atoms with van der Waals surface area (Å²) in [7, 11) is 0. The fourth-order valence-electron chi connectivity index (χ4n) is 2.27. The number of rotatable bonds is 2. The molecule has 1 fully saturated rings. The van der Waals surface area contributed by atoms with Crippen LogP contribution in [-0.4, -0.2) is 21.7 Å². The molecule has 2 aromatic rings. The van der Waals surface area contributed by atoms with Crippen molar-refractivity contribution in [3.8, 4) is 11.5 Å². The third kappa shape index (κ3) is 2.13. The Bertz CT molecular complexity index is 531. The molecule has 1 atom stereocenters. The zero-order chi connectivity index (χ0) is 12.4. The van der Waals surface area contributed by atoms with Gasteiger partial charge >= 0.3 is 0 Å². The monoisotopic (exact) mass is 244 g/mol. The summed E-state index contributed by atoms with van der Waals surface area (Å²) in [6, 6.07) is 4.06. The first kappa shape index (κ1) is 11.3. The predicted molar refractivity (Wildman–Crippen MR) is 66.9 cm³/mol. The fraction of sp³-hybridized carbons (Fsp3) is 0.462. The largest absolute Gasteiger partial charge is 0.334 e. The van der Waals surface area contributed by atoms with Crippen molar-refractivity contribution in [1.82, 2.24) is 20.4 Å². The molecule has 0 aliphatic carbocycles. The van der Waals surface area contributed by atoms with Gasteiger partial charge in [0.05, 0.1) is 11.6 Å². The van der Waals surface area contributed by atoms with Crippen LogP contribution in [0.2, 0.25) is 0 Å². The van der Waals surface area contributed by atoms with Crippen LogP contribution >= 0.6 is 0 Å². The van der Waals surface area contributed by atoms with E-state index < -0.39 is 0 Å². The summed E-state index contributed by atoms with van der Waals surface area (Å²) in [5, 5.41) is 7.50. The van der Waals surface area contributed by atoms with Crippen LogP contribution in [0.1, 0.15) is 36.8 Å². The van der Waals surface area contributed by atoms with Gasteiger partial charge in [0, 0.05) is 11.9 Å². The summed E-state index contributed by atoms with van der Waals surface area (Å²) >= 11 is 0. The highest BCUT2D eigenvalue weighted by atomic mass is 16.5. The van der Waals surface area contributed by atoms with E-state index in [4.69, 9.17) is 4.52 Å². The summed E-state index contributed by atoms with van der Waals surface area (Å²) in [6.07, 6.45) is 5.28. The molecule has 1 aliphatic rings. The summed E-state index contributed by atoms with van der Waals surface area (Å²) < 4.78 is 5.34. The van der Waals surface area contributed by atoms with E-state index in [-0.39, 0.29) is 6.04 Å². The highest BCUT2D eigenvalue weighted by molar-refractivity contribution is 5.55. The van der Waals surface area contributed by atoms with E-state index in [1.807, 2.05) is 19.1 Å². The number of pyridine rings is 1. The molecule has 1 aliphatic heterocycles. The zero-order valence-corrected chi connectivity index (χ0v) is 10.4. The highest BCUT2D eigenvalue weighted by Crippen LogP contribution is 2.24. The third-order valence-electron chi connectivity index (χ3n) is 3.30. The predicted octanol–water partition coefficient (Wildman–Crippen LogP) is 2.25. The quantitative estimate of drug-likeness (QED) is 0.877. The minimum atomic E-state index is 0.230. The molecule has 2 aromatic heterocycles. The van der Waals surface area contributed by atoms with Gasteiger partial charge in [-0.25, -0.2) is 0 Å². The topological polar surface area (TPSA) is 63.8 Å². The Morgan fingerprint density at radius 1 is 1.39 bits per heavy atom. The molecule has 0 aromatic carbocycles. The summed E-state index contributed by atoms with van der Waals surface area (Å²) in [5.41, 5.74) is 1.82. The number of nitrogens with zero attached hydrogens (tertiary/aromatic N) is 3. The van der Waals surface area contributed by atoms with Crippen molar-refractivity contribution in [2.75, 3.05) is 6.54 Å². The molecule has 5 heteroatoms. The Kier molecular flexibility index (Phi) is 3.06. The van der Waals surface area contributed by atoms with Crippen LogP contribution in [-0.2, 0) is 0 Å². The van der Waals surface area contributed by atoms with Gasteiger partial charge in [0.1, 0.15) is 0 Å². The van der Waals surface area contributed by atoms with E-state index in [0.717, 1.165) is 30.0 Å². The number of hydrogen-bond donors (Lipinski definition) is 1. The smallest absolute Gasteiger partial charge is 0.259 e. The first-order valence-electron chi connectivity index (χ1n) is 6.33. The first-order valence-corrected chi connectivity index (χ1v) is 6.33. The number of hydrogen-bond acceptors (Lipinski definition) is 5. The van der Waals surface area contributed by atoms with E-state index in [1.54, 1.807) is 6.20 Å². The van der Waals surface area contributed by atoms with Gasteiger partial charge in [-0.3, -0.25) is 4.98 Å². The van der Waals surface area contributed by atoms with Crippen molar-refractivity contribution < 1.29 is 4.52 Å². The molecular weight excluding hydrogens is 228 g/mol. The summed E-state index contributed by atoms with van der Waals surface area (Å²) in [6.45, 7) is 2.97. The minimum Gasteiger partial charge on any atom is -0.334 e. The van der Waals surface area contributed by atoms with Gasteiger partial charge in [0.2, 0.25) is 0 Å². The van der Waals surface area contributed by atoms with Gasteiger partial charge in [-0.15, -0.1) is 0 Å². The Hall–Kier alpha value is -1.75. The van der Waals surface area contributed by atoms with Crippen molar-refractivity contribution in [2.45, 2.75) is 32.2 Å². The Morgan fingerprint density at radius 3 is 3.11 bits per heavy atom. The van der Waals surface area contributed by atoms with E-state index in [0.29, 0.717) is 5.89 Å². The normalized spacial score (nSPS) is 19.9. The molecule has 1 saturated heterocycles. The van der Waals surface area contributed by atoms with Gasteiger partial charge in [0.25, 0.3) is 5.89 Å². The van der Waals surface area contributed by atoms with Crippen molar-refractivity contribution in [3.05, 3.63) is 29.8 Å². The molecule has 5 nitrogen and oxygen atoms in total. The van der Waals surface area contributed by atoms with Crippen LogP contribution in [0.15, 0.2) is 22.9 Å². The second-order valence-corrected chi connectivity index (χ2v) is 4.60. The molecule has 0 saturated carbocycles. The average Bonchev–Trinajstić information content (AvgIpc) is 2.90. The summed E-state index contributed by atoms with van der Waals surface area (Å²) in [4.78, 5) is 8.72. The Morgan fingerprint density at radius 2 is 2.33 bits per heavy atom. The van der Waals surface area contributed by atoms with E-state index in [2.05, 4.69) is 20.4 Å². The lowest BCUT2D eigenvalue weighted by molar-refractivity contribution is 0.367. The highest BCUT2D eigenvalue weighted by Gasteiger charge is 2.21. The standard InChI is InChI=1S/C13H16N4O/c1-9-10(5-4-8-14-9)13-16-12(17-18-13)11-6-2-3-7-15-11/h4-5,8,11,15H,2-3,6-7H2,1H3. The number of aromatic nitrogens is 3. The number of nitrogens with one attached hydrogen (secondary N) is 1. The molecule has 0 radical (unpaired) electrons. The molecule has 3 heterocycles. The lowest BCUT2D eigenvalue weighted by Crippen LogP contribution is -2.27. The minimum absolute atomic E-state index is 0.230.